The van der Waals surface area contributed by atoms with Gasteiger partial charge in [-0.05, 0) is 41.3 Å². The van der Waals surface area contributed by atoms with Crippen LogP contribution in [0.2, 0.25) is 5.02 Å². The number of anilines is 1. The molecule has 3 aromatic carbocycles. The zero-order valence-electron chi connectivity index (χ0n) is 17.4. The number of nitriles is 1. The highest BCUT2D eigenvalue weighted by molar-refractivity contribution is 6.31. The van der Waals surface area contributed by atoms with E-state index in [0.29, 0.717) is 34.2 Å². The summed E-state index contributed by atoms with van der Waals surface area (Å²) in [5.74, 6) is 0.648. The third-order valence-electron chi connectivity index (χ3n) is 4.96. The monoisotopic (exact) mass is 434 g/mol. The Labute approximate surface area is 187 Å². The van der Waals surface area contributed by atoms with E-state index in [1.165, 1.54) is 0 Å². The van der Waals surface area contributed by atoms with Crippen LogP contribution in [-0.2, 0) is 11.2 Å². The fourth-order valence-corrected chi connectivity index (χ4v) is 3.72. The number of halogens is 1. The number of hydrogen-bond donors (Lipinski definition) is 1. The minimum atomic E-state index is -0.473. The molecule has 3 rings (SSSR count). The van der Waals surface area contributed by atoms with Crippen LogP contribution in [0, 0.1) is 11.3 Å². The van der Waals surface area contributed by atoms with Gasteiger partial charge in [0.15, 0.2) is 11.5 Å². The molecule has 0 aromatic heterocycles. The van der Waals surface area contributed by atoms with Gasteiger partial charge < -0.3 is 14.8 Å². The van der Waals surface area contributed by atoms with Gasteiger partial charge in [0.1, 0.15) is 0 Å². The Morgan fingerprint density at radius 2 is 1.84 bits per heavy atom. The van der Waals surface area contributed by atoms with E-state index >= 15 is 0 Å². The minimum Gasteiger partial charge on any atom is -0.493 e. The van der Waals surface area contributed by atoms with Crippen molar-refractivity contribution in [1.82, 2.24) is 0 Å². The Hall–Kier alpha value is -3.49. The van der Waals surface area contributed by atoms with E-state index in [0.717, 1.165) is 11.1 Å². The SMILES string of the molecule is COc1cccc(CCC(=O)Nc2ccc(C(C#N)c3ccccc3)c(Cl)c2)c1OC. The molecule has 1 N–H and O–H groups in total. The Morgan fingerprint density at radius 1 is 1.06 bits per heavy atom. The van der Waals surface area contributed by atoms with E-state index in [-0.39, 0.29) is 12.3 Å². The van der Waals surface area contributed by atoms with Gasteiger partial charge >= 0.3 is 0 Å². The molecule has 31 heavy (non-hydrogen) atoms. The van der Waals surface area contributed by atoms with Gasteiger partial charge in [-0.3, -0.25) is 4.79 Å². The molecular weight excluding hydrogens is 412 g/mol. The molecular formula is C25H23ClN2O3. The van der Waals surface area contributed by atoms with E-state index in [9.17, 15) is 10.1 Å². The predicted molar refractivity (Wildman–Crippen MR) is 122 cm³/mol. The highest BCUT2D eigenvalue weighted by Gasteiger charge is 2.17. The van der Waals surface area contributed by atoms with Crippen molar-refractivity contribution in [2.45, 2.75) is 18.8 Å². The number of aryl methyl sites for hydroxylation is 1. The van der Waals surface area contributed by atoms with E-state index in [1.807, 2.05) is 48.5 Å². The Kier molecular flexibility index (Phi) is 7.53. The highest BCUT2D eigenvalue weighted by atomic mass is 35.5. The van der Waals surface area contributed by atoms with Crippen molar-refractivity contribution in [2.24, 2.45) is 0 Å². The molecule has 6 heteroatoms. The normalized spacial score (nSPS) is 11.3. The van der Waals surface area contributed by atoms with Gasteiger partial charge in [-0.2, -0.15) is 5.26 Å². The number of methoxy groups -OCH3 is 2. The molecule has 0 radical (unpaired) electrons. The first kappa shape index (κ1) is 22.2. The van der Waals surface area contributed by atoms with Crippen LogP contribution < -0.4 is 14.8 Å². The Balaban J connectivity index is 1.68. The molecule has 5 nitrogen and oxygen atoms in total. The molecule has 1 unspecified atom stereocenters. The predicted octanol–water partition coefficient (Wildman–Crippen LogP) is 5.58. The molecule has 0 fully saturated rings. The van der Waals surface area contributed by atoms with Crippen molar-refractivity contribution >= 4 is 23.2 Å². The van der Waals surface area contributed by atoms with Gasteiger partial charge in [-0.15, -0.1) is 0 Å². The number of carbonyl (C=O) groups is 1. The van der Waals surface area contributed by atoms with Crippen LogP contribution in [-0.4, -0.2) is 20.1 Å². The van der Waals surface area contributed by atoms with Crippen LogP contribution in [0.1, 0.15) is 29.0 Å². The summed E-state index contributed by atoms with van der Waals surface area (Å²) in [5, 5.41) is 12.9. The number of amides is 1. The van der Waals surface area contributed by atoms with Crippen LogP contribution in [0.25, 0.3) is 0 Å². The van der Waals surface area contributed by atoms with E-state index in [1.54, 1.807) is 32.4 Å². The topological polar surface area (TPSA) is 71.3 Å². The first-order valence-corrected chi connectivity index (χ1v) is 10.2. The van der Waals surface area contributed by atoms with Gasteiger partial charge in [0.2, 0.25) is 5.91 Å². The summed E-state index contributed by atoms with van der Waals surface area (Å²) in [6.07, 6.45) is 0.774. The molecule has 0 aliphatic carbocycles. The van der Waals surface area contributed by atoms with Crippen LogP contribution in [0.3, 0.4) is 0 Å². The molecule has 3 aromatic rings. The van der Waals surface area contributed by atoms with Gasteiger partial charge in [0.25, 0.3) is 0 Å². The third kappa shape index (κ3) is 5.36. The summed E-state index contributed by atoms with van der Waals surface area (Å²) >= 11 is 6.45. The lowest BCUT2D eigenvalue weighted by atomic mass is 9.92. The molecule has 0 aliphatic heterocycles. The second-order valence-corrected chi connectivity index (χ2v) is 7.32. The average molecular weight is 435 g/mol. The Bertz CT molecular complexity index is 1090. The number of nitrogens with zero attached hydrogens (tertiary/aromatic N) is 1. The fraction of sp³-hybridized carbons (Fsp3) is 0.200. The highest BCUT2D eigenvalue weighted by Crippen LogP contribution is 2.33. The molecule has 1 amide bonds. The van der Waals surface area contributed by atoms with Crippen LogP contribution in [0.5, 0.6) is 11.5 Å². The summed E-state index contributed by atoms with van der Waals surface area (Å²) in [5.41, 5.74) is 3.05. The maximum absolute atomic E-state index is 12.5. The zero-order valence-corrected chi connectivity index (χ0v) is 18.1. The van der Waals surface area contributed by atoms with Crippen molar-refractivity contribution in [3.63, 3.8) is 0 Å². The number of nitrogens with one attached hydrogen (secondary N) is 1. The van der Waals surface area contributed by atoms with Crippen molar-refractivity contribution in [3.05, 3.63) is 88.4 Å². The smallest absolute Gasteiger partial charge is 0.224 e. The molecule has 1 atom stereocenters. The molecule has 0 aliphatic rings. The summed E-state index contributed by atoms with van der Waals surface area (Å²) < 4.78 is 10.7. The second-order valence-electron chi connectivity index (χ2n) is 6.91. The number of para-hydroxylation sites is 1. The first-order chi connectivity index (χ1) is 15.1. The quantitative estimate of drug-likeness (QED) is 0.502. The molecule has 0 heterocycles. The molecule has 0 bridgehead atoms. The number of benzene rings is 3. The average Bonchev–Trinajstić information content (AvgIpc) is 2.79. The van der Waals surface area contributed by atoms with Gasteiger partial charge in [-0.1, -0.05) is 60.1 Å². The molecule has 0 spiro atoms. The summed E-state index contributed by atoms with van der Waals surface area (Å²) in [4.78, 5) is 12.5. The van der Waals surface area contributed by atoms with Crippen LogP contribution >= 0.6 is 11.6 Å². The molecule has 158 valence electrons. The molecule has 0 saturated heterocycles. The van der Waals surface area contributed by atoms with Crippen LogP contribution in [0.4, 0.5) is 5.69 Å². The van der Waals surface area contributed by atoms with Crippen LogP contribution in [0.15, 0.2) is 66.7 Å². The number of ether oxygens (including phenoxy) is 2. The van der Waals surface area contributed by atoms with Crippen molar-refractivity contribution < 1.29 is 14.3 Å². The number of rotatable bonds is 8. The van der Waals surface area contributed by atoms with E-state index in [4.69, 9.17) is 21.1 Å². The van der Waals surface area contributed by atoms with E-state index < -0.39 is 5.92 Å². The molecule has 0 saturated carbocycles. The summed E-state index contributed by atoms with van der Waals surface area (Å²) in [6.45, 7) is 0. The summed E-state index contributed by atoms with van der Waals surface area (Å²) in [6, 6.07) is 22.6. The number of carbonyl (C=O) groups excluding carboxylic acids is 1. The minimum absolute atomic E-state index is 0.145. The number of hydrogen-bond acceptors (Lipinski definition) is 4. The lowest BCUT2D eigenvalue weighted by Gasteiger charge is -2.14. The second kappa shape index (κ2) is 10.5. The standard InChI is InChI=1S/C25H23ClN2O3/c1-30-23-10-6-9-18(25(23)31-2)11-14-24(29)28-19-12-13-20(22(26)15-19)21(16-27)17-7-4-3-5-8-17/h3-10,12-13,15,21H,11,14H2,1-2H3,(H,28,29). The van der Waals surface area contributed by atoms with Gasteiger partial charge in [0, 0.05) is 17.1 Å². The fourth-order valence-electron chi connectivity index (χ4n) is 3.43. The van der Waals surface area contributed by atoms with Gasteiger partial charge in [0.05, 0.1) is 26.2 Å². The largest absolute Gasteiger partial charge is 0.493 e. The lowest BCUT2D eigenvalue weighted by Crippen LogP contribution is -2.13. The third-order valence-corrected chi connectivity index (χ3v) is 5.29. The van der Waals surface area contributed by atoms with Crippen molar-refractivity contribution in [1.29, 1.82) is 5.26 Å². The summed E-state index contributed by atoms with van der Waals surface area (Å²) in [7, 11) is 3.16. The first-order valence-electron chi connectivity index (χ1n) is 9.81. The lowest BCUT2D eigenvalue weighted by molar-refractivity contribution is -0.116. The zero-order chi connectivity index (χ0) is 22.2. The van der Waals surface area contributed by atoms with Gasteiger partial charge in [-0.25, -0.2) is 0 Å². The Morgan fingerprint density at radius 3 is 2.48 bits per heavy atom. The van der Waals surface area contributed by atoms with Crippen molar-refractivity contribution in [3.8, 4) is 17.6 Å². The maximum Gasteiger partial charge on any atom is 0.224 e. The van der Waals surface area contributed by atoms with Crippen molar-refractivity contribution in [2.75, 3.05) is 19.5 Å². The maximum atomic E-state index is 12.5. The van der Waals surface area contributed by atoms with E-state index in [2.05, 4.69) is 11.4 Å².